The van der Waals surface area contributed by atoms with Crippen molar-refractivity contribution in [2.45, 2.75) is 26.7 Å². The molecule has 0 saturated heterocycles. The first-order valence-corrected chi connectivity index (χ1v) is 5.85. The van der Waals surface area contributed by atoms with E-state index in [2.05, 4.69) is 5.32 Å². The van der Waals surface area contributed by atoms with Crippen LogP contribution in [0.15, 0.2) is 30.3 Å². The number of nitrogens with one attached hydrogen (secondary N) is 1. The van der Waals surface area contributed by atoms with E-state index in [1.807, 2.05) is 30.3 Å². The van der Waals surface area contributed by atoms with Gasteiger partial charge in [-0.15, -0.1) is 0 Å². The van der Waals surface area contributed by atoms with E-state index in [1.165, 1.54) is 12.5 Å². The topological polar surface area (TPSA) is 46.2 Å². The summed E-state index contributed by atoms with van der Waals surface area (Å²) in [5, 5.41) is 2.78. The Bertz CT molecular complexity index is 373. The molecule has 3 heteroatoms. The molecule has 1 aromatic carbocycles. The van der Waals surface area contributed by atoms with E-state index in [0.29, 0.717) is 13.0 Å². The molecular weight excluding hydrogens is 214 g/mol. The van der Waals surface area contributed by atoms with Gasteiger partial charge in [0, 0.05) is 19.9 Å². The number of hydrogen-bond acceptors (Lipinski definition) is 2. The van der Waals surface area contributed by atoms with Crippen molar-refractivity contribution in [2.75, 3.05) is 6.54 Å². The molecule has 1 atom stereocenters. The van der Waals surface area contributed by atoms with Crippen molar-refractivity contribution in [1.29, 1.82) is 0 Å². The zero-order chi connectivity index (χ0) is 12.7. The Morgan fingerprint density at radius 1 is 1.18 bits per heavy atom. The highest BCUT2D eigenvalue weighted by atomic mass is 16.1. The fourth-order valence-corrected chi connectivity index (χ4v) is 1.86. The molecule has 0 bridgehead atoms. The van der Waals surface area contributed by atoms with Crippen LogP contribution in [0.25, 0.3) is 0 Å². The molecule has 0 unspecified atom stereocenters. The highest BCUT2D eigenvalue weighted by Gasteiger charge is 2.12. The van der Waals surface area contributed by atoms with Crippen LogP contribution >= 0.6 is 0 Å². The van der Waals surface area contributed by atoms with Gasteiger partial charge in [-0.2, -0.15) is 0 Å². The maximum Gasteiger partial charge on any atom is 0.216 e. The summed E-state index contributed by atoms with van der Waals surface area (Å²) in [4.78, 5) is 22.1. The SMILES string of the molecule is CC(=O)C[C@H](CNC(C)=O)Cc1ccccc1. The Balaban J connectivity index is 2.56. The number of carbonyl (C=O) groups is 2. The fourth-order valence-electron chi connectivity index (χ4n) is 1.86. The zero-order valence-electron chi connectivity index (χ0n) is 10.4. The van der Waals surface area contributed by atoms with Gasteiger partial charge >= 0.3 is 0 Å². The van der Waals surface area contributed by atoms with Gasteiger partial charge in [0.2, 0.25) is 5.91 Å². The lowest BCUT2D eigenvalue weighted by atomic mass is 9.94. The third-order valence-corrected chi connectivity index (χ3v) is 2.58. The number of amides is 1. The molecule has 0 heterocycles. The normalized spacial score (nSPS) is 11.9. The molecule has 0 saturated carbocycles. The second kappa shape index (κ2) is 6.84. The first-order valence-electron chi connectivity index (χ1n) is 5.85. The first-order chi connectivity index (χ1) is 8.08. The van der Waals surface area contributed by atoms with Gasteiger partial charge in [-0.25, -0.2) is 0 Å². The lowest BCUT2D eigenvalue weighted by Crippen LogP contribution is -2.29. The van der Waals surface area contributed by atoms with Crippen LogP contribution in [0.5, 0.6) is 0 Å². The zero-order valence-corrected chi connectivity index (χ0v) is 10.4. The van der Waals surface area contributed by atoms with Crippen molar-refractivity contribution in [3.8, 4) is 0 Å². The lowest BCUT2D eigenvalue weighted by molar-refractivity contribution is -0.120. The maximum absolute atomic E-state index is 11.2. The summed E-state index contributed by atoms with van der Waals surface area (Å²) in [6.45, 7) is 3.64. The van der Waals surface area contributed by atoms with Gasteiger partial charge in [-0.1, -0.05) is 30.3 Å². The minimum Gasteiger partial charge on any atom is -0.356 e. The van der Waals surface area contributed by atoms with Crippen molar-refractivity contribution in [1.82, 2.24) is 5.32 Å². The predicted octanol–water partition coefficient (Wildman–Crippen LogP) is 1.96. The van der Waals surface area contributed by atoms with Gasteiger partial charge in [0.15, 0.2) is 0 Å². The number of ketones is 1. The van der Waals surface area contributed by atoms with Crippen molar-refractivity contribution in [3.63, 3.8) is 0 Å². The Labute approximate surface area is 102 Å². The van der Waals surface area contributed by atoms with E-state index in [4.69, 9.17) is 0 Å². The first kappa shape index (κ1) is 13.4. The van der Waals surface area contributed by atoms with E-state index in [-0.39, 0.29) is 17.6 Å². The average Bonchev–Trinajstić information content (AvgIpc) is 2.26. The van der Waals surface area contributed by atoms with E-state index in [0.717, 1.165) is 6.42 Å². The van der Waals surface area contributed by atoms with Crippen LogP contribution < -0.4 is 5.32 Å². The molecule has 0 aliphatic heterocycles. The van der Waals surface area contributed by atoms with Crippen LogP contribution in [0.1, 0.15) is 25.8 Å². The third-order valence-electron chi connectivity index (χ3n) is 2.58. The number of hydrogen-bond donors (Lipinski definition) is 1. The van der Waals surface area contributed by atoms with Crippen LogP contribution in [0.3, 0.4) is 0 Å². The monoisotopic (exact) mass is 233 g/mol. The van der Waals surface area contributed by atoms with Crippen LogP contribution in [0.4, 0.5) is 0 Å². The molecule has 0 fully saturated rings. The van der Waals surface area contributed by atoms with Crippen molar-refractivity contribution >= 4 is 11.7 Å². The summed E-state index contributed by atoms with van der Waals surface area (Å²) in [5.74, 6) is 0.293. The largest absolute Gasteiger partial charge is 0.356 e. The molecule has 1 amide bonds. The quantitative estimate of drug-likeness (QED) is 0.816. The molecule has 1 aromatic rings. The van der Waals surface area contributed by atoms with E-state index < -0.39 is 0 Å². The number of benzene rings is 1. The molecule has 0 aromatic heterocycles. The van der Waals surface area contributed by atoms with Gasteiger partial charge in [-0.3, -0.25) is 4.79 Å². The molecule has 0 aliphatic rings. The average molecular weight is 233 g/mol. The second-order valence-corrected chi connectivity index (χ2v) is 4.40. The molecule has 17 heavy (non-hydrogen) atoms. The third kappa shape index (κ3) is 5.85. The van der Waals surface area contributed by atoms with Crippen molar-refractivity contribution in [2.24, 2.45) is 5.92 Å². The van der Waals surface area contributed by atoms with Crippen LogP contribution in [-0.2, 0) is 16.0 Å². The Morgan fingerprint density at radius 3 is 2.35 bits per heavy atom. The summed E-state index contributed by atoms with van der Waals surface area (Å²) in [5.41, 5.74) is 1.20. The highest BCUT2D eigenvalue weighted by molar-refractivity contribution is 5.76. The molecule has 0 radical (unpaired) electrons. The smallest absolute Gasteiger partial charge is 0.216 e. The summed E-state index contributed by atoms with van der Waals surface area (Å²) >= 11 is 0. The summed E-state index contributed by atoms with van der Waals surface area (Å²) in [7, 11) is 0. The van der Waals surface area contributed by atoms with Crippen LogP contribution in [-0.4, -0.2) is 18.2 Å². The molecular formula is C14H19NO2. The number of rotatable bonds is 6. The fraction of sp³-hybridized carbons (Fsp3) is 0.429. The minimum absolute atomic E-state index is 0.0494. The van der Waals surface area contributed by atoms with Gasteiger partial charge in [-0.05, 0) is 24.8 Å². The lowest BCUT2D eigenvalue weighted by Gasteiger charge is -2.15. The van der Waals surface area contributed by atoms with Crippen molar-refractivity contribution < 1.29 is 9.59 Å². The molecule has 3 nitrogen and oxygen atoms in total. The van der Waals surface area contributed by atoms with Gasteiger partial charge < -0.3 is 10.1 Å². The number of carbonyl (C=O) groups excluding carboxylic acids is 2. The Hall–Kier alpha value is -1.64. The second-order valence-electron chi connectivity index (χ2n) is 4.40. The number of Topliss-reactive ketones (excluding diaryl/α,β-unsaturated/α-hetero) is 1. The maximum atomic E-state index is 11.2. The molecule has 0 aliphatic carbocycles. The van der Waals surface area contributed by atoms with Crippen LogP contribution in [0, 0.1) is 5.92 Å². The predicted molar refractivity (Wildman–Crippen MR) is 67.6 cm³/mol. The summed E-state index contributed by atoms with van der Waals surface area (Å²) in [6, 6.07) is 10.0. The van der Waals surface area contributed by atoms with E-state index in [9.17, 15) is 9.59 Å². The molecule has 1 rings (SSSR count). The summed E-state index contributed by atoms with van der Waals surface area (Å²) < 4.78 is 0. The molecule has 0 spiro atoms. The van der Waals surface area contributed by atoms with E-state index in [1.54, 1.807) is 6.92 Å². The minimum atomic E-state index is -0.0494. The van der Waals surface area contributed by atoms with E-state index >= 15 is 0 Å². The van der Waals surface area contributed by atoms with Crippen LogP contribution in [0.2, 0.25) is 0 Å². The van der Waals surface area contributed by atoms with Gasteiger partial charge in [0.1, 0.15) is 5.78 Å². The summed E-state index contributed by atoms with van der Waals surface area (Å²) in [6.07, 6.45) is 1.33. The molecule has 92 valence electrons. The van der Waals surface area contributed by atoms with Gasteiger partial charge in [0.05, 0.1) is 0 Å². The Morgan fingerprint density at radius 2 is 1.82 bits per heavy atom. The van der Waals surface area contributed by atoms with Crippen molar-refractivity contribution in [3.05, 3.63) is 35.9 Å². The highest BCUT2D eigenvalue weighted by Crippen LogP contribution is 2.12. The Kier molecular flexibility index (Phi) is 5.40. The van der Waals surface area contributed by atoms with Gasteiger partial charge in [0.25, 0.3) is 0 Å². The standard InChI is InChI=1S/C14H19NO2/c1-11(16)8-14(10-15-12(2)17)9-13-6-4-3-5-7-13/h3-7,14H,8-10H2,1-2H3,(H,15,17)/t14-/m0/s1. The molecule has 1 N–H and O–H groups in total.